The summed E-state index contributed by atoms with van der Waals surface area (Å²) in [6, 6.07) is 0. The molecular weight excluding hydrogens is 228 g/mol. The lowest BCUT2D eigenvalue weighted by Crippen LogP contribution is -2.34. The maximum absolute atomic E-state index is 10.9. The summed E-state index contributed by atoms with van der Waals surface area (Å²) >= 11 is 0. The van der Waals surface area contributed by atoms with E-state index in [4.69, 9.17) is 5.11 Å². The third-order valence-corrected chi connectivity index (χ3v) is 2.45. The van der Waals surface area contributed by atoms with Crippen LogP contribution in [-0.2, 0) is 14.3 Å². The second-order valence-electron chi connectivity index (χ2n) is 3.88. The third-order valence-electron chi connectivity index (χ3n) is 2.45. The predicted molar refractivity (Wildman–Crippen MR) is 59.4 cm³/mol. The average molecular weight is 248 g/mol. The molecule has 0 saturated carbocycles. The Bertz CT molecular complexity index is 240. The Balaban J connectivity index is 3.54. The standard InChI is InChI=1S/C11H20O6/c1-17-11(16)10(15)8(12)6-4-2-3-5-7-9(13)14/h8,10,12,15H,2-7H2,1H3,(H,13,14). The maximum atomic E-state index is 10.9. The zero-order chi connectivity index (χ0) is 13.3. The predicted octanol–water partition coefficient (Wildman–Crippen LogP) is 0.306. The van der Waals surface area contributed by atoms with Gasteiger partial charge in [0.05, 0.1) is 13.2 Å². The van der Waals surface area contributed by atoms with E-state index in [1.807, 2.05) is 0 Å². The first-order chi connectivity index (χ1) is 7.99. The number of ether oxygens (including phenoxy) is 1. The third kappa shape index (κ3) is 7.70. The van der Waals surface area contributed by atoms with Gasteiger partial charge in [-0.1, -0.05) is 19.3 Å². The van der Waals surface area contributed by atoms with Crippen molar-refractivity contribution >= 4 is 11.9 Å². The molecule has 0 rings (SSSR count). The molecule has 0 aromatic heterocycles. The Kier molecular flexibility index (Phi) is 8.35. The van der Waals surface area contributed by atoms with Gasteiger partial charge in [-0.3, -0.25) is 4.79 Å². The highest BCUT2D eigenvalue weighted by atomic mass is 16.5. The van der Waals surface area contributed by atoms with Crippen molar-refractivity contribution in [3.8, 4) is 0 Å². The van der Waals surface area contributed by atoms with Crippen LogP contribution in [0.15, 0.2) is 0 Å². The smallest absolute Gasteiger partial charge is 0.337 e. The fourth-order valence-corrected chi connectivity index (χ4v) is 1.42. The van der Waals surface area contributed by atoms with Crippen molar-refractivity contribution in [2.75, 3.05) is 7.11 Å². The summed E-state index contributed by atoms with van der Waals surface area (Å²) < 4.78 is 4.29. The van der Waals surface area contributed by atoms with E-state index in [1.165, 1.54) is 0 Å². The molecule has 6 heteroatoms. The van der Waals surface area contributed by atoms with Crippen molar-refractivity contribution in [3.63, 3.8) is 0 Å². The summed E-state index contributed by atoms with van der Waals surface area (Å²) in [6.07, 6.45) is 0.572. The molecule has 0 heterocycles. The van der Waals surface area contributed by atoms with E-state index >= 15 is 0 Å². The second kappa shape index (κ2) is 8.95. The molecule has 0 fully saturated rings. The van der Waals surface area contributed by atoms with Gasteiger partial charge in [0.15, 0.2) is 6.10 Å². The highest BCUT2D eigenvalue weighted by Gasteiger charge is 2.24. The van der Waals surface area contributed by atoms with Gasteiger partial charge in [-0.15, -0.1) is 0 Å². The molecule has 0 saturated heterocycles. The van der Waals surface area contributed by atoms with E-state index in [2.05, 4.69) is 4.74 Å². The minimum Gasteiger partial charge on any atom is -0.481 e. The minimum atomic E-state index is -1.50. The van der Waals surface area contributed by atoms with E-state index in [-0.39, 0.29) is 6.42 Å². The number of rotatable bonds is 9. The van der Waals surface area contributed by atoms with Crippen LogP contribution < -0.4 is 0 Å². The van der Waals surface area contributed by atoms with Crippen molar-refractivity contribution in [2.45, 2.75) is 50.7 Å². The molecule has 0 aromatic carbocycles. The first-order valence-corrected chi connectivity index (χ1v) is 5.64. The van der Waals surface area contributed by atoms with Crippen LogP contribution in [0, 0.1) is 0 Å². The largest absolute Gasteiger partial charge is 0.481 e. The van der Waals surface area contributed by atoms with Crippen molar-refractivity contribution < 1.29 is 29.6 Å². The number of hydrogen-bond donors (Lipinski definition) is 3. The highest BCUT2D eigenvalue weighted by Crippen LogP contribution is 2.10. The normalized spacial score (nSPS) is 14.1. The average Bonchev–Trinajstić information content (AvgIpc) is 2.30. The van der Waals surface area contributed by atoms with Crippen LogP contribution in [0.4, 0.5) is 0 Å². The molecule has 6 nitrogen and oxygen atoms in total. The molecule has 100 valence electrons. The van der Waals surface area contributed by atoms with Gasteiger partial charge in [0.25, 0.3) is 0 Å². The molecule has 0 bridgehead atoms. The Hall–Kier alpha value is -1.14. The number of esters is 1. The lowest BCUT2D eigenvalue weighted by Gasteiger charge is -2.15. The number of hydrogen-bond acceptors (Lipinski definition) is 5. The van der Waals surface area contributed by atoms with Crippen LogP contribution in [0.3, 0.4) is 0 Å². The molecule has 2 atom stereocenters. The Morgan fingerprint density at radius 1 is 1.12 bits per heavy atom. The van der Waals surface area contributed by atoms with Gasteiger partial charge >= 0.3 is 11.9 Å². The number of methoxy groups -OCH3 is 1. The molecule has 0 amide bonds. The van der Waals surface area contributed by atoms with Gasteiger partial charge in [-0.2, -0.15) is 0 Å². The molecule has 0 aliphatic rings. The van der Waals surface area contributed by atoms with Gasteiger partial charge in [0.2, 0.25) is 0 Å². The van der Waals surface area contributed by atoms with Crippen LogP contribution >= 0.6 is 0 Å². The zero-order valence-corrected chi connectivity index (χ0v) is 9.96. The molecule has 0 spiro atoms. The summed E-state index contributed by atoms with van der Waals surface area (Å²) in [4.78, 5) is 21.1. The topological polar surface area (TPSA) is 104 Å². The molecule has 0 aliphatic carbocycles. The van der Waals surface area contributed by atoms with Crippen LogP contribution in [-0.4, -0.2) is 46.6 Å². The van der Waals surface area contributed by atoms with Gasteiger partial charge in [0.1, 0.15) is 0 Å². The van der Waals surface area contributed by atoms with E-state index in [0.717, 1.165) is 20.0 Å². The molecule has 17 heavy (non-hydrogen) atoms. The molecule has 0 aromatic rings. The van der Waals surface area contributed by atoms with Crippen molar-refractivity contribution in [1.29, 1.82) is 0 Å². The van der Waals surface area contributed by atoms with Crippen molar-refractivity contribution in [3.05, 3.63) is 0 Å². The number of unbranched alkanes of at least 4 members (excludes halogenated alkanes) is 3. The Labute approximate surface area is 100 Å². The fourth-order valence-electron chi connectivity index (χ4n) is 1.42. The van der Waals surface area contributed by atoms with E-state index in [0.29, 0.717) is 19.3 Å². The number of carbonyl (C=O) groups is 2. The van der Waals surface area contributed by atoms with Crippen LogP contribution in [0.25, 0.3) is 0 Å². The molecule has 3 N–H and O–H groups in total. The van der Waals surface area contributed by atoms with E-state index < -0.39 is 24.1 Å². The number of aliphatic carboxylic acids is 1. The molecule has 2 unspecified atom stereocenters. The first-order valence-electron chi connectivity index (χ1n) is 5.64. The van der Waals surface area contributed by atoms with E-state index in [9.17, 15) is 19.8 Å². The molecule has 0 radical (unpaired) electrons. The van der Waals surface area contributed by atoms with Crippen molar-refractivity contribution in [2.24, 2.45) is 0 Å². The van der Waals surface area contributed by atoms with Crippen LogP contribution in [0.5, 0.6) is 0 Å². The second-order valence-corrected chi connectivity index (χ2v) is 3.88. The Morgan fingerprint density at radius 3 is 2.24 bits per heavy atom. The quantitative estimate of drug-likeness (QED) is 0.400. The summed E-state index contributed by atoms with van der Waals surface area (Å²) in [7, 11) is 1.14. The number of carboxylic acids is 1. The van der Waals surface area contributed by atoms with Gasteiger partial charge < -0.3 is 20.1 Å². The molecular formula is C11H20O6. The van der Waals surface area contributed by atoms with Gasteiger partial charge in [-0.05, 0) is 12.8 Å². The first kappa shape index (κ1) is 15.9. The number of carbonyl (C=O) groups excluding carboxylic acids is 1. The monoisotopic (exact) mass is 248 g/mol. The van der Waals surface area contributed by atoms with Crippen LogP contribution in [0.1, 0.15) is 38.5 Å². The minimum absolute atomic E-state index is 0.146. The highest BCUT2D eigenvalue weighted by molar-refractivity contribution is 5.74. The zero-order valence-electron chi connectivity index (χ0n) is 9.96. The van der Waals surface area contributed by atoms with Gasteiger partial charge in [0, 0.05) is 6.42 Å². The van der Waals surface area contributed by atoms with E-state index in [1.54, 1.807) is 0 Å². The molecule has 0 aliphatic heterocycles. The van der Waals surface area contributed by atoms with Gasteiger partial charge in [-0.25, -0.2) is 4.79 Å². The lowest BCUT2D eigenvalue weighted by molar-refractivity contribution is -0.156. The maximum Gasteiger partial charge on any atom is 0.337 e. The number of aliphatic hydroxyl groups is 2. The summed E-state index contributed by atoms with van der Waals surface area (Å²) in [5, 5.41) is 27.1. The SMILES string of the molecule is COC(=O)C(O)C(O)CCCCCCC(=O)O. The summed E-state index contributed by atoms with van der Waals surface area (Å²) in [5.74, 6) is -1.66. The van der Waals surface area contributed by atoms with Crippen molar-refractivity contribution in [1.82, 2.24) is 0 Å². The fraction of sp³-hybridized carbons (Fsp3) is 0.818. The summed E-state index contributed by atoms with van der Waals surface area (Å²) in [6.45, 7) is 0. The van der Waals surface area contributed by atoms with Crippen LogP contribution in [0.2, 0.25) is 0 Å². The summed E-state index contributed by atoms with van der Waals surface area (Å²) in [5.41, 5.74) is 0. The lowest BCUT2D eigenvalue weighted by atomic mass is 10.0. The number of aliphatic hydroxyl groups excluding tert-OH is 2. The number of carboxylic acid groups (broad SMARTS) is 1. The Morgan fingerprint density at radius 2 is 1.71 bits per heavy atom.